The monoisotopic (exact) mass is 370 g/mol. The predicted octanol–water partition coefficient (Wildman–Crippen LogP) is 3.89. The SMILES string of the molecule is Cc1ccc(-c2nnc(SCC(=O)NCCC3=CCCCC3)n2C)cc1. The van der Waals surface area contributed by atoms with Crippen molar-refractivity contribution < 1.29 is 4.79 Å². The Kier molecular flexibility index (Phi) is 6.50. The topological polar surface area (TPSA) is 59.8 Å². The van der Waals surface area contributed by atoms with Crippen LogP contribution in [0.25, 0.3) is 11.4 Å². The van der Waals surface area contributed by atoms with E-state index in [-0.39, 0.29) is 5.91 Å². The Morgan fingerprint density at radius 3 is 2.77 bits per heavy atom. The van der Waals surface area contributed by atoms with E-state index in [0.29, 0.717) is 5.75 Å². The van der Waals surface area contributed by atoms with Crippen LogP contribution in [-0.2, 0) is 11.8 Å². The van der Waals surface area contributed by atoms with Crippen LogP contribution < -0.4 is 5.32 Å². The molecule has 0 aliphatic heterocycles. The van der Waals surface area contributed by atoms with Crippen molar-refractivity contribution in [1.82, 2.24) is 20.1 Å². The lowest BCUT2D eigenvalue weighted by atomic mass is 9.97. The van der Waals surface area contributed by atoms with Crippen LogP contribution >= 0.6 is 11.8 Å². The van der Waals surface area contributed by atoms with Gasteiger partial charge in [-0.1, -0.05) is 53.2 Å². The first kappa shape index (κ1) is 18.7. The van der Waals surface area contributed by atoms with Gasteiger partial charge in [-0.05, 0) is 39.0 Å². The summed E-state index contributed by atoms with van der Waals surface area (Å²) in [5.41, 5.74) is 3.73. The van der Waals surface area contributed by atoms with Crippen LogP contribution in [0.5, 0.6) is 0 Å². The number of hydrogen-bond donors (Lipinski definition) is 1. The van der Waals surface area contributed by atoms with Crippen molar-refractivity contribution in [2.45, 2.75) is 44.2 Å². The Hall–Kier alpha value is -2.08. The fourth-order valence-corrected chi connectivity index (χ4v) is 3.81. The van der Waals surface area contributed by atoms with Gasteiger partial charge in [0, 0.05) is 19.2 Å². The Morgan fingerprint density at radius 1 is 1.23 bits per heavy atom. The minimum absolute atomic E-state index is 0.0475. The van der Waals surface area contributed by atoms with E-state index < -0.39 is 0 Å². The first-order chi connectivity index (χ1) is 12.6. The first-order valence-corrected chi connectivity index (χ1v) is 10.2. The van der Waals surface area contributed by atoms with Gasteiger partial charge in [0.15, 0.2) is 11.0 Å². The van der Waals surface area contributed by atoms with E-state index in [9.17, 15) is 4.79 Å². The van der Waals surface area contributed by atoms with Gasteiger partial charge >= 0.3 is 0 Å². The van der Waals surface area contributed by atoms with Gasteiger partial charge in [0.25, 0.3) is 0 Å². The van der Waals surface area contributed by atoms with Gasteiger partial charge in [0.1, 0.15) is 0 Å². The molecule has 3 rings (SSSR count). The van der Waals surface area contributed by atoms with Gasteiger partial charge in [0.05, 0.1) is 5.75 Å². The second kappa shape index (κ2) is 9.03. The molecule has 6 heteroatoms. The molecule has 0 unspecified atom stereocenters. The highest BCUT2D eigenvalue weighted by Gasteiger charge is 2.13. The van der Waals surface area contributed by atoms with Gasteiger partial charge in [-0.15, -0.1) is 10.2 Å². The average molecular weight is 371 g/mol. The highest BCUT2D eigenvalue weighted by atomic mass is 32.2. The lowest BCUT2D eigenvalue weighted by molar-refractivity contribution is -0.118. The Morgan fingerprint density at radius 2 is 2.04 bits per heavy atom. The summed E-state index contributed by atoms with van der Waals surface area (Å²) in [5.74, 6) is 1.22. The van der Waals surface area contributed by atoms with Crippen LogP contribution in [0.1, 0.15) is 37.7 Å². The van der Waals surface area contributed by atoms with Crippen LogP contribution in [0.15, 0.2) is 41.1 Å². The number of nitrogens with zero attached hydrogens (tertiary/aromatic N) is 3. The van der Waals surface area contributed by atoms with Crippen LogP contribution in [0.4, 0.5) is 0 Å². The number of aromatic nitrogens is 3. The number of aryl methyl sites for hydroxylation is 1. The number of hydrogen-bond acceptors (Lipinski definition) is 4. The predicted molar refractivity (Wildman–Crippen MR) is 106 cm³/mol. The summed E-state index contributed by atoms with van der Waals surface area (Å²) in [6.07, 6.45) is 8.26. The van der Waals surface area contributed by atoms with Crippen molar-refractivity contribution in [1.29, 1.82) is 0 Å². The summed E-state index contributed by atoms with van der Waals surface area (Å²) in [5, 5.41) is 12.3. The summed E-state index contributed by atoms with van der Waals surface area (Å²) >= 11 is 1.42. The minimum atomic E-state index is 0.0475. The molecule has 26 heavy (non-hydrogen) atoms. The van der Waals surface area contributed by atoms with Gasteiger partial charge in [-0.3, -0.25) is 4.79 Å². The molecule has 2 aromatic rings. The lowest BCUT2D eigenvalue weighted by Crippen LogP contribution is -2.26. The normalized spacial score (nSPS) is 14.2. The third kappa shape index (κ3) is 4.97. The van der Waals surface area contributed by atoms with E-state index in [1.165, 1.54) is 48.6 Å². The molecule has 0 radical (unpaired) electrons. The molecule has 0 saturated heterocycles. The van der Waals surface area contributed by atoms with E-state index in [4.69, 9.17) is 0 Å². The molecule has 138 valence electrons. The summed E-state index contributed by atoms with van der Waals surface area (Å²) in [6, 6.07) is 8.21. The zero-order chi connectivity index (χ0) is 18.4. The third-order valence-electron chi connectivity index (χ3n) is 4.63. The molecule has 5 nitrogen and oxygen atoms in total. The molecule has 0 saturated carbocycles. The van der Waals surface area contributed by atoms with E-state index in [1.807, 2.05) is 23.7 Å². The van der Waals surface area contributed by atoms with Gasteiger partial charge < -0.3 is 9.88 Å². The van der Waals surface area contributed by atoms with Crippen LogP contribution in [0, 0.1) is 6.92 Å². The number of amides is 1. The molecular weight excluding hydrogens is 344 g/mol. The molecule has 1 N–H and O–H groups in total. The number of carbonyl (C=O) groups is 1. The molecule has 1 heterocycles. The van der Waals surface area contributed by atoms with Gasteiger partial charge in [-0.25, -0.2) is 0 Å². The quantitative estimate of drug-likeness (QED) is 0.593. The van der Waals surface area contributed by atoms with E-state index >= 15 is 0 Å². The molecule has 1 aromatic heterocycles. The fourth-order valence-electron chi connectivity index (χ4n) is 3.07. The van der Waals surface area contributed by atoms with E-state index in [0.717, 1.165) is 29.5 Å². The molecule has 0 atom stereocenters. The number of rotatable bonds is 7. The summed E-state index contributed by atoms with van der Waals surface area (Å²) in [4.78, 5) is 12.1. The number of benzene rings is 1. The zero-order valence-corrected chi connectivity index (χ0v) is 16.3. The van der Waals surface area contributed by atoms with Crippen LogP contribution in [-0.4, -0.2) is 33.0 Å². The van der Waals surface area contributed by atoms with Crippen molar-refractivity contribution in [2.24, 2.45) is 7.05 Å². The Labute approximate surface area is 159 Å². The summed E-state index contributed by atoms with van der Waals surface area (Å²) in [7, 11) is 1.94. The fraction of sp³-hybridized carbons (Fsp3) is 0.450. The first-order valence-electron chi connectivity index (χ1n) is 9.17. The standard InChI is InChI=1S/C20H26N4OS/c1-15-8-10-17(11-9-15)19-22-23-20(24(19)2)26-14-18(25)21-13-12-16-6-4-3-5-7-16/h6,8-11H,3-5,7,12-14H2,1-2H3,(H,21,25). The Balaban J connectivity index is 1.47. The van der Waals surface area contributed by atoms with Crippen molar-refractivity contribution in [3.05, 3.63) is 41.5 Å². The maximum absolute atomic E-state index is 12.1. The number of carbonyl (C=O) groups excluding carboxylic acids is 1. The molecule has 0 spiro atoms. The smallest absolute Gasteiger partial charge is 0.230 e. The zero-order valence-electron chi connectivity index (χ0n) is 15.5. The van der Waals surface area contributed by atoms with E-state index in [1.54, 1.807) is 0 Å². The Bertz CT molecular complexity index is 780. The van der Waals surface area contributed by atoms with E-state index in [2.05, 4.69) is 40.6 Å². The summed E-state index contributed by atoms with van der Waals surface area (Å²) in [6.45, 7) is 2.78. The second-order valence-corrected chi connectivity index (χ2v) is 7.67. The van der Waals surface area contributed by atoms with Crippen LogP contribution in [0.2, 0.25) is 0 Å². The molecule has 1 amide bonds. The maximum atomic E-state index is 12.1. The molecule has 1 aliphatic carbocycles. The molecular formula is C20H26N4OS. The number of thioether (sulfide) groups is 1. The van der Waals surface area contributed by atoms with Crippen molar-refractivity contribution in [3.8, 4) is 11.4 Å². The molecule has 0 fully saturated rings. The lowest BCUT2D eigenvalue weighted by Gasteiger charge is -2.12. The summed E-state index contributed by atoms with van der Waals surface area (Å²) < 4.78 is 1.94. The van der Waals surface area contributed by atoms with Gasteiger partial charge in [0.2, 0.25) is 5.91 Å². The van der Waals surface area contributed by atoms with Crippen molar-refractivity contribution >= 4 is 17.7 Å². The molecule has 1 aliphatic rings. The highest BCUT2D eigenvalue weighted by molar-refractivity contribution is 7.99. The number of nitrogens with one attached hydrogen (secondary N) is 1. The van der Waals surface area contributed by atoms with Crippen molar-refractivity contribution in [2.75, 3.05) is 12.3 Å². The van der Waals surface area contributed by atoms with Crippen molar-refractivity contribution in [3.63, 3.8) is 0 Å². The number of allylic oxidation sites excluding steroid dienone is 1. The highest BCUT2D eigenvalue weighted by Crippen LogP contribution is 2.23. The largest absolute Gasteiger partial charge is 0.355 e. The minimum Gasteiger partial charge on any atom is -0.355 e. The third-order valence-corrected chi connectivity index (χ3v) is 5.65. The average Bonchev–Trinajstić information content (AvgIpc) is 3.02. The molecule has 1 aromatic carbocycles. The van der Waals surface area contributed by atoms with Crippen LogP contribution in [0.3, 0.4) is 0 Å². The second-order valence-electron chi connectivity index (χ2n) is 6.73. The molecule has 0 bridgehead atoms. The maximum Gasteiger partial charge on any atom is 0.230 e. The van der Waals surface area contributed by atoms with Gasteiger partial charge in [-0.2, -0.15) is 0 Å².